The van der Waals surface area contributed by atoms with Crippen molar-refractivity contribution < 1.29 is 22.7 Å². The molecule has 0 aliphatic carbocycles. The normalized spacial score (nSPS) is 25.5. The molecule has 0 aromatic carbocycles. The number of sulfone groups is 1. The second-order valence-corrected chi connectivity index (χ2v) is 4.73. The molecule has 64 valence electrons. The van der Waals surface area contributed by atoms with E-state index in [1.807, 2.05) is 0 Å². The lowest BCUT2D eigenvalue weighted by Gasteiger charge is -2.26. The molecule has 0 radical (unpaired) electrons. The molecule has 0 saturated carbocycles. The van der Waals surface area contributed by atoms with Gasteiger partial charge >= 0.3 is 5.97 Å². The van der Waals surface area contributed by atoms with E-state index < -0.39 is 27.9 Å². The van der Waals surface area contributed by atoms with Crippen LogP contribution in [0.1, 0.15) is 0 Å². The molecule has 1 rings (SSSR count). The van der Waals surface area contributed by atoms with E-state index in [1.165, 1.54) is 0 Å². The quantitative estimate of drug-likeness (QED) is 0.622. The molecular formula is C5H7FO4S. The maximum absolute atomic E-state index is 12.4. The number of hydrogen-bond donors (Lipinski definition) is 1. The number of hydrogen-bond acceptors (Lipinski definition) is 3. The molecule has 6 heteroatoms. The molecule has 0 amide bonds. The summed E-state index contributed by atoms with van der Waals surface area (Å²) in [5.74, 6) is -3.08. The van der Waals surface area contributed by atoms with E-state index in [2.05, 4.69) is 0 Å². The third-order valence-corrected chi connectivity index (χ3v) is 3.46. The topological polar surface area (TPSA) is 71.4 Å². The van der Waals surface area contributed by atoms with Crippen LogP contribution in [0.4, 0.5) is 4.39 Å². The highest BCUT2D eigenvalue weighted by Gasteiger charge is 2.42. The maximum atomic E-state index is 12.4. The van der Waals surface area contributed by atoms with E-state index in [1.54, 1.807) is 0 Å². The van der Waals surface area contributed by atoms with Crippen molar-refractivity contribution in [3.8, 4) is 0 Å². The zero-order valence-corrected chi connectivity index (χ0v) is 6.34. The van der Waals surface area contributed by atoms with E-state index in [0.717, 1.165) is 0 Å². The lowest BCUT2D eigenvalue weighted by molar-refractivity contribution is -0.144. The van der Waals surface area contributed by atoms with Gasteiger partial charge in [0.1, 0.15) is 0 Å². The molecule has 1 N–H and O–H groups in total. The lowest BCUT2D eigenvalue weighted by Crippen LogP contribution is -2.45. The second-order valence-electron chi connectivity index (χ2n) is 2.58. The van der Waals surface area contributed by atoms with Crippen molar-refractivity contribution in [2.45, 2.75) is 6.17 Å². The Balaban J connectivity index is 2.51. The van der Waals surface area contributed by atoms with Gasteiger partial charge in [-0.05, 0) is 0 Å². The van der Waals surface area contributed by atoms with Gasteiger partial charge in [0.25, 0.3) is 0 Å². The van der Waals surface area contributed by atoms with Crippen LogP contribution in [0.2, 0.25) is 0 Å². The van der Waals surface area contributed by atoms with Crippen molar-refractivity contribution in [3.63, 3.8) is 0 Å². The smallest absolute Gasteiger partial charge is 0.338 e. The highest BCUT2D eigenvalue weighted by molar-refractivity contribution is 7.92. The van der Waals surface area contributed by atoms with Gasteiger partial charge in [0.05, 0.1) is 11.5 Å². The molecule has 1 fully saturated rings. The number of carbonyl (C=O) groups is 1. The Morgan fingerprint density at radius 1 is 1.55 bits per heavy atom. The van der Waals surface area contributed by atoms with E-state index in [4.69, 9.17) is 5.11 Å². The van der Waals surface area contributed by atoms with Crippen LogP contribution in [0.3, 0.4) is 0 Å². The summed E-state index contributed by atoms with van der Waals surface area (Å²) in [6.07, 6.45) is -2.03. The molecule has 0 bridgehead atoms. The molecule has 1 unspecified atom stereocenters. The molecular weight excluding hydrogens is 175 g/mol. The number of carboxylic acid groups (broad SMARTS) is 1. The Kier molecular flexibility index (Phi) is 1.87. The first-order chi connectivity index (χ1) is 4.92. The lowest BCUT2D eigenvalue weighted by atomic mass is 10.1. The summed E-state index contributed by atoms with van der Waals surface area (Å²) in [6, 6.07) is 0. The number of carboxylic acids is 1. The fraction of sp³-hybridized carbons (Fsp3) is 0.800. The molecule has 1 aliphatic heterocycles. The third-order valence-electron chi connectivity index (χ3n) is 1.59. The molecule has 4 nitrogen and oxygen atoms in total. The Morgan fingerprint density at radius 3 is 2.27 bits per heavy atom. The van der Waals surface area contributed by atoms with Gasteiger partial charge in [0.15, 0.2) is 9.84 Å². The monoisotopic (exact) mass is 182 g/mol. The minimum atomic E-state index is -3.11. The number of aliphatic carboxylic acids is 1. The van der Waals surface area contributed by atoms with E-state index in [-0.39, 0.29) is 11.5 Å². The van der Waals surface area contributed by atoms with Crippen LogP contribution in [0.25, 0.3) is 0 Å². The summed E-state index contributed by atoms with van der Waals surface area (Å²) in [5, 5.41) is 8.12. The van der Waals surface area contributed by atoms with Gasteiger partial charge in [-0.25, -0.2) is 17.6 Å². The van der Waals surface area contributed by atoms with Crippen LogP contribution >= 0.6 is 0 Å². The first-order valence-corrected chi connectivity index (χ1v) is 4.82. The van der Waals surface area contributed by atoms with E-state index >= 15 is 0 Å². The predicted molar refractivity (Wildman–Crippen MR) is 34.7 cm³/mol. The minimum Gasteiger partial charge on any atom is -0.479 e. The molecule has 0 aromatic heterocycles. The minimum absolute atomic E-state index is 0.333. The highest BCUT2D eigenvalue weighted by Crippen LogP contribution is 2.23. The molecule has 1 aliphatic rings. The van der Waals surface area contributed by atoms with E-state index in [9.17, 15) is 17.6 Å². The average Bonchev–Trinajstić information content (AvgIpc) is 1.80. The van der Waals surface area contributed by atoms with Gasteiger partial charge in [-0.3, -0.25) is 0 Å². The Labute approximate surface area is 62.9 Å². The zero-order chi connectivity index (χ0) is 8.65. The van der Waals surface area contributed by atoms with Gasteiger partial charge in [0, 0.05) is 5.92 Å². The molecule has 1 atom stereocenters. The van der Waals surface area contributed by atoms with Crippen molar-refractivity contribution >= 4 is 15.8 Å². The predicted octanol–water partition coefficient (Wildman–Crippen LogP) is -0.546. The average molecular weight is 182 g/mol. The van der Waals surface area contributed by atoms with Crippen LogP contribution in [0.5, 0.6) is 0 Å². The first kappa shape index (κ1) is 8.45. The zero-order valence-electron chi connectivity index (χ0n) is 5.53. The van der Waals surface area contributed by atoms with Crippen LogP contribution < -0.4 is 0 Å². The van der Waals surface area contributed by atoms with Crippen molar-refractivity contribution in [2.24, 2.45) is 5.92 Å². The van der Waals surface area contributed by atoms with Crippen LogP contribution in [0, 0.1) is 5.92 Å². The van der Waals surface area contributed by atoms with Crippen molar-refractivity contribution in [1.82, 2.24) is 0 Å². The first-order valence-electron chi connectivity index (χ1n) is 3.00. The van der Waals surface area contributed by atoms with Gasteiger partial charge < -0.3 is 5.11 Å². The molecule has 11 heavy (non-hydrogen) atoms. The van der Waals surface area contributed by atoms with Crippen molar-refractivity contribution in [3.05, 3.63) is 0 Å². The summed E-state index contributed by atoms with van der Waals surface area (Å²) >= 11 is 0. The van der Waals surface area contributed by atoms with Crippen LogP contribution in [-0.2, 0) is 14.6 Å². The summed E-state index contributed by atoms with van der Waals surface area (Å²) in [7, 11) is -3.11. The fourth-order valence-electron chi connectivity index (χ4n) is 0.974. The summed E-state index contributed by atoms with van der Waals surface area (Å²) < 4.78 is 33.4. The molecule has 0 spiro atoms. The van der Waals surface area contributed by atoms with Gasteiger partial charge in [-0.15, -0.1) is 0 Å². The van der Waals surface area contributed by atoms with Crippen molar-refractivity contribution in [2.75, 3.05) is 11.5 Å². The Hall–Kier alpha value is -0.650. The van der Waals surface area contributed by atoms with Crippen LogP contribution in [-0.4, -0.2) is 37.2 Å². The standard InChI is InChI=1S/C5H7FO4S/c6-4(5(7)8)3-1-11(9,10)2-3/h3-4H,1-2H2,(H,7,8). The summed E-state index contributed by atoms with van der Waals surface area (Å²) in [5.41, 5.74) is 0. The van der Waals surface area contributed by atoms with Gasteiger partial charge in [-0.2, -0.15) is 0 Å². The van der Waals surface area contributed by atoms with Gasteiger partial charge in [0.2, 0.25) is 6.17 Å². The number of halogens is 1. The van der Waals surface area contributed by atoms with Crippen molar-refractivity contribution in [1.29, 1.82) is 0 Å². The molecule has 1 heterocycles. The number of alkyl halides is 1. The third kappa shape index (κ3) is 1.68. The van der Waals surface area contributed by atoms with Crippen LogP contribution in [0.15, 0.2) is 0 Å². The highest BCUT2D eigenvalue weighted by atomic mass is 32.2. The largest absolute Gasteiger partial charge is 0.479 e. The second kappa shape index (κ2) is 2.44. The summed E-state index contributed by atoms with van der Waals surface area (Å²) in [4.78, 5) is 9.97. The fourth-order valence-corrected chi connectivity index (χ4v) is 2.52. The van der Waals surface area contributed by atoms with Gasteiger partial charge in [-0.1, -0.05) is 0 Å². The Morgan fingerprint density at radius 2 is 2.00 bits per heavy atom. The SMILES string of the molecule is O=C(O)C(F)C1CS(=O)(=O)C1. The molecule has 1 saturated heterocycles. The maximum Gasteiger partial charge on any atom is 0.338 e. The van der Waals surface area contributed by atoms with E-state index in [0.29, 0.717) is 0 Å². The molecule has 0 aromatic rings. The summed E-state index contributed by atoms with van der Waals surface area (Å²) in [6.45, 7) is 0. The number of rotatable bonds is 2. The Bertz CT molecular complexity index is 258.